The summed E-state index contributed by atoms with van der Waals surface area (Å²) in [5.74, 6) is 7.15. The van der Waals surface area contributed by atoms with E-state index < -0.39 is 0 Å². The number of nitrogens with one attached hydrogen (secondary N) is 1. The van der Waals surface area contributed by atoms with Gasteiger partial charge in [-0.2, -0.15) is 0 Å². The predicted octanol–water partition coefficient (Wildman–Crippen LogP) is 2.07. The molecule has 3 N–H and O–H groups in total. The molecule has 0 heterocycles. The molecule has 0 aromatic rings. The fourth-order valence-corrected chi connectivity index (χ4v) is 2.39. The second-order valence-corrected chi connectivity index (χ2v) is 4.73. The summed E-state index contributed by atoms with van der Waals surface area (Å²) in [5.41, 5.74) is 2.95. The van der Waals surface area contributed by atoms with E-state index in [-0.39, 0.29) is 0 Å². The van der Waals surface area contributed by atoms with Crippen LogP contribution in [0.2, 0.25) is 0 Å². The maximum absolute atomic E-state index is 5.64. The summed E-state index contributed by atoms with van der Waals surface area (Å²) in [6.45, 7) is 4.50. The van der Waals surface area contributed by atoms with E-state index in [1.54, 1.807) is 7.11 Å². The van der Waals surface area contributed by atoms with Crippen LogP contribution in [-0.2, 0) is 4.74 Å². The zero-order valence-corrected chi connectivity index (χ0v) is 10.3. The number of hydrogen-bond acceptors (Lipinski definition) is 3. The van der Waals surface area contributed by atoms with Gasteiger partial charge in [-0.25, -0.2) is 0 Å². The van der Waals surface area contributed by atoms with E-state index in [0.717, 1.165) is 18.3 Å². The van der Waals surface area contributed by atoms with Crippen LogP contribution in [0.1, 0.15) is 46.0 Å². The van der Waals surface area contributed by atoms with Gasteiger partial charge in [-0.05, 0) is 31.1 Å². The molecule has 0 bridgehead atoms. The molecule has 0 radical (unpaired) electrons. The van der Waals surface area contributed by atoms with E-state index in [1.807, 2.05) is 0 Å². The van der Waals surface area contributed by atoms with Crippen molar-refractivity contribution in [3.05, 3.63) is 0 Å². The molecular weight excluding hydrogens is 188 g/mol. The highest BCUT2D eigenvalue weighted by molar-refractivity contribution is 4.90. The van der Waals surface area contributed by atoms with Gasteiger partial charge >= 0.3 is 0 Å². The Kier molecular flexibility index (Phi) is 5.58. The minimum Gasteiger partial charge on any atom is -0.379 e. The molecule has 1 saturated carbocycles. The van der Waals surface area contributed by atoms with Crippen LogP contribution in [-0.4, -0.2) is 19.3 Å². The summed E-state index contributed by atoms with van der Waals surface area (Å²) in [6, 6.07) is 0.326. The zero-order chi connectivity index (χ0) is 11.3. The van der Waals surface area contributed by atoms with E-state index in [1.165, 1.54) is 25.7 Å². The van der Waals surface area contributed by atoms with Crippen LogP contribution in [0.3, 0.4) is 0 Å². The molecule has 0 aliphatic heterocycles. The molecular formula is C12H26N2O. The molecule has 0 spiro atoms. The fourth-order valence-electron chi connectivity index (χ4n) is 2.39. The topological polar surface area (TPSA) is 47.3 Å². The second kappa shape index (κ2) is 6.46. The van der Waals surface area contributed by atoms with Crippen LogP contribution in [0.5, 0.6) is 0 Å². The van der Waals surface area contributed by atoms with E-state index in [2.05, 4.69) is 19.3 Å². The normalized spacial score (nSPS) is 20.6. The molecule has 1 aliphatic rings. The molecule has 0 aromatic carbocycles. The SMILES string of the molecule is CCC(CC)CC(NN)C(OC)C1CC1. The molecule has 0 aromatic heterocycles. The second-order valence-electron chi connectivity index (χ2n) is 4.73. The van der Waals surface area contributed by atoms with Crippen molar-refractivity contribution in [3.8, 4) is 0 Å². The van der Waals surface area contributed by atoms with Crippen LogP contribution in [0, 0.1) is 11.8 Å². The summed E-state index contributed by atoms with van der Waals surface area (Å²) in [7, 11) is 1.81. The Bertz CT molecular complexity index is 167. The first-order valence-corrected chi connectivity index (χ1v) is 6.25. The highest BCUT2D eigenvalue weighted by Gasteiger charge is 2.36. The lowest BCUT2D eigenvalue weighted by Crippen LogP contribution is -2.46. The lowest BCUT2D eigenvalue weighted by molar-refractivity contribution is 0.0425. The number of ether oxygens (including phenoxy) is 1. The summed E-state index contributed by atoms with van der Waals surface area (Å²) in [4.78, 5) is 0. The Hall–Kier alpha value is -0.120. The summed E-state index contributed by atoms with van der Waals surface area (Å²) >= 11 is 0. The monoisotopic (exact) mass is 214 g/mol. The van der Waals surface area contributed by atoms with Gasteiger partial charge in [0, 0.05) is 13.2 Å². The Morgan fingerprint density at radius 2 is 1.93 bits per heavy atom. The van der Waals surface area contributed by atoms with Crippen molar-refractivity contribution >= 4 is 0 Å². The quantitative estimate of drug-likeness (QED) is 0.480. The van der Waals surface area contributed by atoms with Crippen LogP contribution in [0.15, 0.2) is 0 Å². The van der Waals surface area contributed by atoms with Crippen LogP contribution < -0.4 is 11.3 Å². The summed E-state index contributed by atoms with van der Waals surface area (Å²) in [5, 5.41) is 0. The lowest BCUT2D eigenvalue weighted by atomic mass is 9.91. The maximum Gasteiger partial charge on any atom is 0.0765 e. The summed E-state index contributed by atoms with van der Waals surface area (Å²) in [6.07, 6.45) is 6.53. The molecule has 1 aliphatic carbocycles. The average molecular weight is 214 g/mol. The summed E-state index contributed by atoms with van der Waals surface area (Å²) < 4.78 is 5.57. The van der Waals surface area contributed by atoms with Gasteiger partial charge in [-0.1, -0.05) is 26.7 Å². The number of hydrazine groups is 1. The first-order valence-electron chi connectivity index (χ1n) is 6.25. The number of rotatable bonds is 8. The van der Waals surface area contributed by atoms with Gasteiger partial charge in [-0.15, -0.1) is 0 Å². The van der Waals surface area contributed by atoms with E-state index in [9.17, 15) is 0 Å². The molecule has 1 rings (SSSR count). The minimum atomic E-state index is 0.315. The Morgan fingerprint density at radius 1 is 1.33 bits per heavy atom. The molecule has 0 amide bonds. The van der Waals surface area contributed by atoms with E-state index in [4.69, 9.17) is 10.6 Å². The zero-order valence-electron chi connectivity index (χ0n) is 10.3. The third-order valence-electron chi connectivity index (χ3n) is 3.71. The first kappa shape index (κ1) is 12.9. The van der Waals surface area contributed by atoms with E-state index >= 15 is 0 Å². The average Bonchev–Trinajstić information content (AvgIpc) is 3.08. The molecule has 0 saturated heterocycles. The molecule has 3 nitrogen and oxygen atoms in total. The van der Waals surface area contributed by atoms with Crippen molar-refractivity contribution in [1.82, 2.24) is 5.43 Å². The molecule has 2 unspecified atom stereocenters. The van der Waals surface area contributed by atoms with Crippen molar-refractivity contribution in [2.45, 2.75) is 58.1 Å². The van der Waals surface area contributed by atoms with Crippen molar-refractivity contribution in [3.63, 3.8) is 0 Å². The smallest absolute Gasteiger partial charge is 0.0765 e. The standard InChI is InChI=1S/C12H26N2O/c1-4-9(5-2)8-11(14-13)12(15-3)10-6-7-10/h9-12,14H,4-8,13H2,1-3H3. The minimum absolute atomic E-state index is 0.315. The highest BCUT2D eigenvalue weighted by atomic mass is 16.5. The van der Waals surface area contributed by atoms with Gasteiger partial charge in [0.25, 0.3) is 0 Å². The van der Waals surface area contributed by atoms with Gasteiger partial charge in [-0.3, -0.25) is 11.3 Å². The van der Waals surface area contributed by atoms with Crippen LogP contribution in [0.25, 0.3) is 0 Å². The Morgan fingerprint density at radius 3 is 2.27 bits per heavy atom. The molecule has 90 valence electrons. The van der Waals surface area contributed by atoms with Gasteiger partial charge in [0.15, 0.2) is 0 Å². The molecule has 2 atom stereocenters. The Labute approximate surface area is 93.7 Å². The Balaban J connectivity index is 2.44. The number of hydrogen-bond donors (Lipinski definition) is 2. The third-order valence-corrected chi connectivity index (χ3v) is 3.71. The van der Waals surface area contributed by atoms with Crippen molar-refractivity contribution in [2.75, 3.05) is 7.11 Å². The number of nitrogens with two attached hydrogens (primary N) is 1. The first-order chi connectivity index (χ1) is 7.26. The van der Waals surface area contributed by atoms with Gasteiger partial charge in [0.1, 0.15) is 0 Å². The molecule has 1 fully saturated rings. The van der Waals surface area contributed by atoms with Gasteiger partial charge in [0.05, 0.1) is 6.10 Å². The largest absolute Gasteiger partial charge is 0.379 e. The van der Waals surface area contributed by atoms with Crippen molar-refractivity contribution in [2.24, 2.45) is 17.7 Å². The van der Waals surface area contributed by atoms with Gasteiger partial charge in [0.2, 0.25) is 0 Å². The number of methoxy groups -OCH3 is 1. The van der Waals surface area contributed by atoms with Gasteiger partial charge < -0.3 is 4.74 Å². The van der Waals surface area contributed by atoms with E-state index in [0.29, 0.717) is 12.1 Å². The van der Waals surface area contributed by atoms with Crippen molar-refractivity contribution < 1.29 is 4.74 Å². The van der Waals surface area contributed by atoms with Crippen molar-refractivity contribution in [1.29, 1.82) is 0 Å². The lowest BCUT2D eigenvalue weighted by Gasteiger charge is -2.28. The fraction of sp³-hybridized carbons (Fsp3) is 1.00. The van der Waals surface area contributed by atoms with Crippen LogP contribution >= 0.6 is 0 Å². The molecule has 15 heavy (non-hydrogen) atoms. The predicted molar refractivity (Wildman–Crippen MR) is 63.3 cm³/mol. The molecule has 3 heteroatoms. The highest BCUT2D eigenvalue weighted by Crippen LogP contribution is 2.37. The maximum atomic E-state index is 5.64. The van der Waals surface area contributed by atoms with Crippen LogP contribution in [0.4, 0.5) is 0 Å². The third kappa shape index (κ3) is 3.74.